The van der Waals surface area contributed by atoms with Gasteiger partial charge in [-0.15, -0.1) is 0 Å². The largest absolute Gasteiger partial charge is 0.481 e. The van der Waals surface area contributed by atoms with E-state index in [2.05, 4.69) is 6.58 Å². The second-order valence-corrected chi connectivity index (χ2v) is 5.14. The first kappa shape index (κ1) is 16.5. The van der Waals surface area contributed by atoms with Crippen LogP contribution in [0.3, 0.4) is 0 Å². The molecule has 4 nitrogen and oxygen atoms in total. The molecule has 118 valence electrons. The smallest absolute Gasteiger partial charge is 0.307 e. The van der Waals surface area contributed by atoms with E-state index in [9.17, 15) is 9.59 Å². The lowest BCUT2D eigenvalue weighted by molar-refractivity contribution is -0.136. The highest BCUT2D eigenvalue weighted by atomic mass is 16.4. The third kappa shape index (κ3) is 3.16. The van der Waals surface area contributed by atoms with E-state index in [1.165, 1.54) is 6.08 Å². The number of amides is 1. The van der Waals surface area contributed by atoms with E-state index in [0.29, 0.717) is 11.3 Å². The van der Waals surface area contributed by atoms with E-state index in [1.54, 1.807) is 29.2 Å². The predicted octanol–water partition coefficient (Wildman–Crippen LogP) is 3.85. The van der Waals surface area contributed by atoms with Crippen LogP contribution in [0.4, 0.5) is 5.69 Å². The number of fused-ring (bicyclic) bond motifs is 1. The number of carbonyl (C=O) groups excluding carboxylic acids is 1. The standard InChI is InChI=1S/C19H19NO3/c1-4-8-14(10-7-12-17(21)22)20-16-11-6-9-13(3)18(16)15(5-2)19(20)23/h4-11H,1,12H2,2-3H3,(H,21,22)/b10-7-,14-8+,15-5-. The number of carboxylic acids is 1. The van der Waals surface area contributed by atoms with Gasteiger partial charge in [-0.1, -0.05) is 36.9 Å². The highest BCUT2D eigenvalue weighted by Crippen LogP contribution is 2.41. The first-order valence-electron chi connectivity index (χ1n) is 7.33. The van der Waals surface area contributed by atoms with Crippen LogP contribution in [0.1, 0.15) is 24.5 Å². The van der Waals surface area contributed by atoms with Gasteiger partial charge in [-0.3, -0.25) is 14.5 Å². The Labute approximate surface area is 135 Å². The van der Waals surface area contributed by atoms with E-state index >= 15 is 0 Å². The maximum absolute atomic E-state index is 12.8. The predicted molar refractivity (Wildman–Crippen MR) is 92.0 cm³/mol. The zero-order chi connectivity index (χ0) is 17.0. The third-order valence-electron chi connectivity index (χ3n) is 3.61. The molecule has 0 unspecified atom stereocenters. The average Bonchev–Trinajstić information content (AvgIpc) is 2.79. The minimum Gasteiger partial charge on any atom is -0.481 e. The van der Waals surface area contributed by atoms with Crippen LogP contribution in [0.15, 0.2) is 60.9 Å². The first-order chi connectivity index (χ1) is 11.0. The van der Waals surface area contributed by atoms with Gasteiger partial charge >= 0.3 is 5.97 Å². The molecule has 1 N–H and O–H groups in total. The van der Waals surface area contributed by atoms with Crippen LogP contribution >= 0.6 is 0 Å². The fourth-order valence-corrected chi connectivity index (χ4v) is 2.66. The van der Waals surface area contributed by atoms with Crippen molar-refractivity contribution in [1.29, 1.82) is 0 Å². The molecule has 0 saturated heterocycles. The molecule has 23 heavy (non-hydrogen) atoms. The van der Waals surface area contributed by atoms with Crippen molar-refractivity contribution in [1.82, 2.24) is 0 Å². The van der Waals surface area contributed by atoms with Crippen LogP contribution in [-0.2, 0) is 9.59 Å². The Hall–Kier alpha value is -2.88. The fraction of sp³-hybridized carbons (Fsp3) is 0.158. The van der Waals surface area contributed by atoms with Crippen molar-refractivity contribution in [2.75, 3.05) is 4.90 Å². The minimum atomic E-state index is -0.919. The van der Waals surface area contributed by atoms with Crippen molar-refractivity contribution in [3.63, 3.8) is 0 Å². The molecule has 1 aromatic rings. The fourth-order valence-electron chi connectivity index (χ4n) is 2.66. The zero-order valence-corrected chi connectivity index (χ0v) is 13.2. The molecule has 1 aliphatic rings. The van der Waals surface area contributed by atoms with E-state index < -0.39 is 5.97 Å². The lowest BCUT2D eigenvalue weighted by Crippen LogP contribution is -2.24. The molecule has 4 heteroatoms. The van der Waals surface area contributed by atoms with E-state index in [1.807, 2.05) is 32.0 Å². The first-order valence-corrected chi connectivity index (χ1v) is 7.33. The highest BCUT2D eigenvalue weighted by Gasteiger charge is 2.34. The van der Waals surface area contributed by atoms with Crippen molar-refractivity contribution >= 4 is 23.1 Å². The van der Waals surface area contributed by atoms with Gasteiger partial charge in [0.1, 0.15) is 0 Å². The van der Waals surface area contributed by atoms with Gasteiger partial charge < -0.3 is 5.11 Å². The topological polar surface area (TPSA) is 57.6 Å². The number of aryl methyl sites for hydroxylation is 1. The maximum Gasteiger partial charge on any atom is 0.307 e. The van der Waals surface area contributed by atoms with Crippen LogP contribution in [0.5, 0.6) is 0 Å². The van der Waals surface area contributed by atoms with Crippen LogP contribution in [0.25, 0.3) is 5.57 Å². The van der Waals surface area contributed by atoms with E-state index in [4.69, 9.17) is 5.11 Å². The van der Waals surface area contributed by atoms with Gasteiger partial charge in [0.2, 0.25) is 0 Å². The number of allylic oxidation sites excluding steroid dienone is 4. The number of rotatable bonds is 5. The number of benzene rings is 1. The van der Waals surface area contributed by atoms with Gasteiger partial charge in [-0.05, 0) is 37.6 Å². The summed E-state index contributed by atoms with van der Waals surface area (Å²) in [5, 5.41) is 8.77. The number of hydrogen-bond acceptors (Lipinski definition) is 2. The van der Waals surface area contributed by atoms with Crippen LogP contribution < -0.4 is 4.90 Å². The van der Waals surface area contributed by atoms with Gasteiger partial charge in [-0.25, -0.2) is 0 Å². The van der Waals surface area contributed by atoms with Crippen molar-refractivity contribution in [2.24, 2.45) is 0 Å². The Kier molecular flexibility index (Phi) is 4.96. The van der Waals surface area contributed by atoms with Crippen molar-refractivity contribution in [3.05, 3.63) is 72.0 Å². The van der Waals surface area contributed by atoms with Crippen LogP contribution in [0, 0.1) is 6.92 Å². The summed E-state index contributed by atoms with van der Waals surface area (Å²) in [4.78, 5) is 25.1. The molecule has 0 aliphatic carbocycles. The van der Waals surface area contributed by atoms with Crippen molar-refractivity contribution in [3.8, 4) is 0 Å². The van der Waals surface area contributed by atoms with Crippen molar-refractivity contribution < 1.29 is 14.7 Å². The molecule has 0 atom stereocenters. The van der Waals surface area contributed by atoms with Crippen molar-refractivity contribution in [2.45, 2.75) is 20.3 Å². The number of aliphatic carboxylic acids is 1. The molecule has 1 aromatic carbocycles. The normalized spacial score (nSPS) is 16.3. The number of carboxylic acid groups (broad SMARTS) is 1. The molecule has 0 spiro atoms. The van der Waals surface area contributed by atoms with Crippen LogP contribution in [0.2, 0.25) is 0 Å². The number of anilines is 1. The number of nitrogens with zero attached hydrogens (tertiary/aromatic N) is 1. The van der Waals surface area contributed by atoms with E-state index in [0.717, 1.165) is 16.8 Å². The molecule has 1 heterocycles. The minimum absolute atomic E-state index is 0.104. The molecule has 1 amide bonds. The molecule has 1 aliphatic heterocycles. The zero-order valence-electron chi connectivity index (χ0n) is 13.2. The summed E-state index contributed by atoms with van der Waals surface area (Å²) in [6.45, 7) is 7.48. The van der Waals surface area contributed by atoms with Gasteiger partial charge in [0, 0.05) is 16.8 Å². The molecular weight excluding hydrogens is 290 g/mol. The lowest BCUT2D eigenvalue weighted by atomic mass is 10.0. The summed E-state index contributed by atoms with van der Waals surface area (Å²) >= 11 is 0. The summed E-state index contributed by atoms with van der Waals surface area (Å²) < 4.78 is 0. The number of hydrogen-bond donors (Lipinski definition) is 1. The average molecular weight is 309 g/mol. The van der Waals surface area contributed by atoms with E-state index in [-0.39, 0.29) is 12.3 Å². The summed E-state index contributed by atoms with van der Waals surface area (Å²) in [6.07, 6.45) is 8.14. The molecule has 0 aromatic heterocycles. The third-order valence-corrected chi connectivity index (χ3v) is 3.61. The SMILES string of the molecule is C=C/C=C(\C=C/CC(=O)O)N1C(=O)/C(=C\C)c2c(C)cccc21. The maximum atomic E-state index is 12.8. The van der Waals surface area contributed by atoms with Gasteiger partial charge in [0.05, 0.1) is 12.1 Å². The van der Waals surface area contributed by atoms with Crippen LogP contribution in [-0.4, -0.2) is 17.0 Å². The molecule has 0 bridgehead atoms. The molecule has 0 saturated carbocycles. The monoisotopic (exact) mass is 309 g/mol. The Morgan fingerprint density at radius 2 is 2.13 bits per heavy atom. The van der Waals surface area contributed by atoms with Gasteiger partial charge in [0.15, 0.2) is 0 Å². The Bertz CT molecular complexity index is 754. The summed E-state index contributed by atoms with van der Waals surface area (Å²) in [5.41, 5.74) is 3.99. The molecule has 0 fully saturated rings. The summed E-state index contributed by atoms with van der Waals surface area (Å²) in [7, 11) is 0. The molecule has 0 radical (unpaired) electrons. The lowest BCUT2D eigenvalue weighted by Gasteiger charge is -2.18. The number of carbonyl (C=O) groups is 2. The quantitative estimate of drug-likeness (QED) is 0.664. The Balaban J connectivity index is 2.53. The summed E-state index contributed by atoms with van der Waals surface area (Å²) in [5.74, 6) is -1.04. The summed E-state index contributed by atoms with van der Waals surface area (Å²) in [6, 6.07) is 5.76. The molecular formula is C19H19NO3. The Morgan fingerprint density at radius 1 is 1.39 bits per heavy atom. The highest BCUT2D eigenvalue weighted by molar-refractivity contribution is 6.34. The second kappa shape index (κ2) is 6.92. The van der Waals surface area contributed by atoms with Gasteiger partial charge in [0.25, 0.3) is 5.91 Å². The molecule has 2 rings (SSSR count). The Morgan fingerprint density at radius 3 is 2.74 bits per heavy atom. The van der Waals surface area contributed by atoms with Gasteiger partial charge in [-0.2, -0.15) is 0 Å². The second-order valence-electron chi connectivity index (χ2n) is 5.14.